The Hall–Kier alpha value is -1.90. The van der Waals surface area contributed by atoms with E-state index in [1.165, 1.54) is 12.1 Å². The Bertz CT molecular complexity index is 914. The Morgan fingerprint density at radius 2 is 1.88 bits per heavy atom. The fourth-order valence-electron chi connectivity index (χ4n) is 3.14. The quantitative estimate of drug-likeness (QED) is 0.804. The molecule has 25 heavy (non-hydrogen) atoms. The highest BCUT2D eigenvalue weighted by atomic mass is 32.2. The molecule has 7 nitrogen and oxygen atoms in total. The zero-order valence-corrected chi connectivity index (χ0v) is 15.0. The molecular formula is C17H22N2O5S. The molecule has 0 spiro atoms. The normalized spacial score (nSPS) is 17.2. The molecular weight excluding hydrogens is 344 g/mol. The Morgan fingerprint density at radius 3 is 2.56 bits per heavy atom. The first-order valence-electron chi connectivity index (χ1n) is 8.35. The second kappa shape index (κ2) is 7.15. The third-order valence-corrected chi connectivity index (χ3v) is 6.47. The van der Waals surface area contributed by atoms with Gasteiger partial charge < -0.3 is 9.52 Å². The fraction of sp³-hybridized carbons (Fsp3) is 0.471. The predicted molar refractivity (Wildman–Crippen MR) is 95.1 cm³/mol. The first-order chi connectivity index (χ1) is 11.9. The largest absolute Gasteiger partial charge is 0.508 e. The minimum atomic E-state index is -3.16. The van der Waals surface area contributed by atoms with Gasteiger partial charge in [0.25, 0.3) is 0 Å². The average molecular weight is 366 g/mol. The highest BCUT2D eigenvalue weighted by Gasteiger charge is 2.26. The van der Waals surface area contributed by atoms with E-state index in [0.717, 1.165) is 10.9 Å². The number of benzene rings is 1. The van der Waals surface area contributed by atoms with Gasteiger partial charge in [-0.05, 0) is 24.1 Å². The summed E-state index contributed by atoms with van der Waals surface area (Å²) in [6.07, 6.45) is 0.612. The van der Waals surface area contributed by atoms with Gasteiger partial charge in [-0.15, -0.1) is 0 Å². The Kier molecular flexibility index (Phi) is 5.12. The maximum absolute atomic E-state index is 12.1. The van der Waals surface area contributed by atoms with Crippen molar-refractivity contribution in [3.05, 3.63) is 40.2 Å². The molecule has 0 bridgehead atoms. The molecule has 1 saturated heterocycles. The molecule has 3 rings (SSSR count). The van der Waals surface area contributed by atoms with Gasteiger partial charge in [0.15, 0.2) is 0 Å². The SMILES string of the molecule is CCCS(=O)(=O)N1CCN(Cc2cc(=O)oc3cc(O)ccc23)CC1. The number of piperazine rings is 1. The molecule has 1 aliphatic rings. The molecule has 2 aromatic rings. The Labute approximate surface area is 146 Å². The van der Waals surface area contributed by atoms with E-state index in [1.807, 2.05) is 6.92 Å². The Morgan fingerprint density at radius 1 is 1.16 bits per heavy atom. The molecule has 1 N–H and O–H groups in total. The minimum absolute atomic E-state index is 0.0440. The second-order valence-corrected chi connectivity index (χ2v) is 8.35. The molecule has 1 aromatic carbocycles. The lowest BCUT2D eigenvalue weighted by molar-refractivity contribution is 0.182. The lowest BCUT2D eigenvalue weighted by atomic mass is 10.1. The molecule has 136 valence electrons. The number of hydrogen-bond donors (Lipinski definition) is 1. The number of fused-ring (bicyclic) bond motifs is 1. The topological polar surface area (TPSA) is 91.1 Å². The summed E-state index contributed by atoms with van der Waals surface area (Å²) in [5, 5.41) is 10.3. The van der Waals surface area contributed by atoms with Crippen LogP contribution in [-0.2, 0) is 16.6 Å². The number of rotatable bonds is 5. The van der Waals surface area contributed by atoms with Gasteiger partial charge in [0.1, 0.15) is 11.3 Å². The predicted octanol–water partition coefficient (Wildman–Crippen LogP) is 1.36. The maximum Gasteiger partial charge on any atom is 0.336 e. The van der Waals surface area contributed by atoms with Crippen molar-refractivity contribution in [1.29, 1.82) is 0 Å². The molecule has 0 aliphatic carbocycles. The number of phenolic OH excluding ortho intramolecular Hbond substituents is 1. The van der Waals surface area contributed by atoms with Crippen LogP contribution in [0.5, 0.6) is 5.75 Å². The van der Waals surface area contributed by atoms with Gasteiger partial charge in [0, 0.05) is 50.2 Å². The summed E-state index contributed by atoms with van der Waals surface area (Å²) < 4.78 is 30.9. The highest BCUT2D eigenvalue weighted by Crippen LogP contribution is 2.23. The van der Waals surface area contributed by atoms with E-state index in [2.05, 4.69) is 4.90 Å². The maximum atomic E-state index is 12.1. The second-order valence-electron chi connectivity index (χ2n) is 6.26. The third kappa shape index (κ3) is 4.02. The molecule has 0 saturated carbocycles. The molecule has 8 heteroatoms. The zero-order chi connectivity index (χ0) is 18.0. The molecule has 1 fully saturated rings. The van der Waals surface area contributed by atoms with E-state index in [1.54, 1.807) is 16.4 Å². The van der Waals surface area contributed by atoms with Crippen LogP contribution in [-0.4, -0.2) is 54.7 Å². The van der Waals surface area contributed by atoms with Gasteiger partial charge >= 0.3 is 5.63 Å². The third-order valence-electron chi connectivity index (χ3n) is 4.39. The van der Waals surface area contributed by atoms with Crippen molar-refractivity contribution in [3.8, 4) is 5.75 Å². The van der Waals surface area contributed by atoms with Crippen molar-refractivity contribution in [2.45, 2.75) is 19.9 Å². The van der Waals surface area contributed by atoms with Crippen LogP contribution in [0.25, 0.3) is 11.0 Å². The van der Waals surface area contributed by atoms with Gasteiger partial charge in [-0.3, -0.25) is 4.90 Å². The van der Waals surface area contributed by atoms with E-state index in [9.17, 15) is 18.3 Å². The van der Waals surface area contributed by atoms with Crippen LogP contribution in [0.15, 0.2) is 33.5 Å². The van der Waals surface area contributed by atoms with E-state index in [0.29, 0.717) is 44.7 Å². The van der Waals surface area contributed by atoms with E-state index in [-0.39, 0.29) is 11.5 Å². The molecule has 2 heterocycles. The van der Waals surface area contributed by atoms with Crippen LogP contribution in [0.2, 0.25) is 0 Å². The van der Waals surface area contributed by atoms with Gasteiger partial charge in [-0.1, -0.05) is 6.92 Å². The van der Waals surface area contributed by atoms with Crippen LogP contribution in [0, 0.1) is 0 Å². The molecule has 0 radical (unpaired) electrons. The number of phenols is 1. The van der Waals surface area contributed by atoms with Crippen molar-refractivity contribution in [2.75, 3.05) is 31.9 Å². The van der Waals surface area contributed by atoms with Gasteiger partial charge in [0.2, 0.25) is 10.0 Å². The summed E-state index contributed by atoms with van der Waals surface area (Å²) in [5.41, 5.74) is 0.708. The number of aromatic hydroxyl groups is 1. The van der Waals surface area contributed by atoms with Crippen molar-refractivity contribution < 1.29 is 17.9 Å². The highest BCUT2D eigenvalue weighted by molar-refractivity contribution is 7.89. The summed E-state index contributed by atoms with van der Waals surface area (Å²) in [6.45, 7) is 4.54. The van der Waals surface area contributed by atoms with Crippen LogP contribution in [0.3, 0.4) is 0 Å². The van der Waals surface area contributed by atoms with Crippen LogP contribution < -0.4 is 5.63 Å². The molecule has 0 amide bonds. The number of sulfonamides is 1. The number of hydrogen-bond acceptors (Lipinski definition) is 6. The summed E-state index contributed by atoms with van der Waals surface area (Å²) in [6, 6.07) is 6.17. The van der Waals surface area contributed by atoms with E-state index >= 15 is 0 Å². The van der Waals surface area contributed by atoms with Crippen molar-refractivity contribution in [1.82, 2.24) is 9.21 Å². The summed E-state index contributed by atoms with van der Waals surface area (Å²) in [7, 11) is -3.16. The average Bonchev–Trinajstić information content (AvgIpc) is 2.54. The zero-order valence-electron chi connectivity index (χ0n) is 14.1. The Balaban J connectivity index is 1.75. The lowest BCUT2D eigenvalue weighted by Crippen LogP contribution is -2.48. The van der Waals surface area contributed by atoms with Crippen LogP contribution >= 0.6 is 0 Å². The molecule has 1 aromatic heterocycles. The first-order valence-corrected chi connectivity index (χ1v) is 9.96. The fourth-order valence-corrected chi connectivity index (χ4v) is 4.64. The standard InChI is InChI=1S/C17H22N2O5S/c1-2-9-25(22,23)19-7-5-18(6-8-19)12-13-10-17(21)24-16-11-14(20)3-4-15(13)16/h3-4,10-11,20H,2,5-9,12H2,1H3. The summed E-state index contributed by atoms with van der Waals surface area (Å²) in [4.78, 5) is 13.9. The van der Waals surface area contributed by atoms with E-state index in [4.69, 9.17) is 4.42 Å². The van der Waals surface area contributed by atoms with Gasteiger partial charge in [0.05, 0.1) is 5.75 Å². The molecule has 0 atom stereocenters. The van der Waals surface area contributed by atoms with E-state index < -0.39 is 15.6 Å². The minimum Gasteiger partial charge on any atom is -0.508 e. The van der Waals surface area contributed by atoms with Gasteiger partial charge in [-0.25, -0.2) is 13.2 Å². The molecule has 1 aliphatic heterocycles. The van der Waals surface area contributed by atoms with Crippen LogP contribution in [0.1, 0.15) is 18.9 Å². The van der Waals surface area contributed by atoms with Crippen LogP contribution in [0.4, 0.5) is 0 Å². The van der Waals surface area contributed by atoms with Crippen molar-refractivity contribution in [2.24, 2.45) is 0 Å². The van der Waals surface area contributed by atoms with Gasteiger partial charge in [-0.2, -0.15) is 4.31 Å². The first kappa shape index (κ1) is 17.9. The summed E-state index contributed by atoms with van der Waals surface area (Å²) >= 11 is 0. The smallest absolute Gasteiger partial charge is 0.336 e. The lowest BCUT2D eigenvalue weighted by Gasteiger charge is -2.34. The van der Waals surface area contributed by atoms with Crippen molar-refractivity contribution >= 4 is 21.0 Å². The molecule has 0 unspecified atom stereocenters. The number of nitrogens with zero attached hydrogens (tertiary/aromatic N) is 2. The van der Waals surface area contributed by atoms with Crippen molar-refractivity contribution in [3.63, 3.8) is 0 Å². The summed E-state index contributed by atoms with van der Waals surface area (Å²) in [5.74, 6) is 0.225. The monoisotopic (exact) mass is 366 g/mol.